The first-order valence-corrected chi connectivity index (χ1v) is 7.70. The summed E-state index contributed by atoms with van der Waals surface area (Å²) in [5.41, 5.74) is 2.34. The van der Waals surface area contributed by atoms with E-state index in [1.54, 1.807) is 19.2 Å². The van der Waals surface area contributed by atoms with E-state index in [-0.39, 0.29) is 0 Å². The second-order valence-corrected chi connectivity index (χ2v) is 5.36. The Balaban J connectivity index is 1.80. The van der Waals surface area contributed by atoms with Crippen molar-refractivity contribution in [3.05, 3.63) is 66.0 Å². The lowest BCUT2D eigenvalue weighted by Crippen LogP contribution is -2.01. The van der Waals surface area contributed by atoms with Crippen molar-refractivity contribution in [3.8, 4) is 11.8 Å². The first kappa shape index (κ1) is 16.3. The fraction of sp³-hybridized carbons (Fsp3) is 0.105. The van der Waals surface area contributed by atoms with Crippen LogP contribution in [0.1, 0.15) is 11.4 Å². The summed E-state index contributed by atoms with van der Waals surface area (Å²) in [5, 5.41) is 15.3. The Morgan fingerprint density at radius 1 is 0.920 bits per heavy atom. The van der Waals surface area contributed by atoms with Crippen molar-refractivity contribution in [1.82, 2.24) is 9.97 Å². The van der Waals surface area contributed by atoms with Gasteiger partial charge in [0.15, 0.2) is 0 Å². The van der Waals surface area contributed by atoms with Gasteiger partial charge in [0.25, 0.3) is 0 Å². The summed E-state index contributed by atoms with van der Waals surface area (Å²) in [7, 11) is 1.63. The molecule has 0 radical (unpaired) electrons. The van der Waals surface area contributed by atoms with Gasteiger partial charge in [-0.15, -0.1) is 0 Å². The van der Waals surface area contributed by atoms with Crippen molar-refractivity contribution in [1.29, 1.82) is 5.26 Å². The average molecular weight is 331 g/mol. The zero-order valence-electron chi connectivity index (χ0n) is 13.9. The van der Waals surface area contributed by atoms with Crippen LogP contribution < -0.4 is 15.4 Å². The van der Waals surface area contributed by atoms with E-state index in [2.05, 4.69) is 26.7 Å². The molecule has 0 aliphatic rings. The Hall–Kier alpha value is -3.59. The van der Waals surface area contributed by atoms with Gasteiger partial charge in [-0.25, -0.2) is 9.97 Å². The lowest BCUT2D eigenvalue weighted by atomic mass is 10.2. The van der Waals surface area contributed by atoms with E-state index in [9.17, 15) is 0 Å². The number of hydrogen-bond donors (Lipinski definition) is 2. The summed E-state index contributed by atoms with van der Waals surface area (Å²) in [6.07, 6.45) is 0. The smallest absolute Gasteiger partial charge is 0.136 e. The molecule has 0 atom stereocenters. The van der Waals surface area contributed by atoms with Crippen LogP contribution >= 0.6 is 0 Å². The van der Waals surface area contributed by atoms with Crippen molar-refractivity contribution in [3.63, 3.8) is 0 Å². The molecule has 0 fully saturated rings. The average Bonchev–Trinajstić information content (AvgIpc) is 2.62. The molecule has 0 aliphatic heterocycles. The van der Waals surface area contributed by atoms with Gasteiger partial charge >= 0.3 is 0 Å². The quantitative estimate of drug-likeness (QED) is 0.730. The highest BCUT2D eigenvalue weighted by Gasteiger charge is 2.04. The predicted octanol–water partition coefficient (Wildman–Crippen LogP) is 4.15. The molecule has 0 amide bonds. The van der Waals surface area contributed by atoms with E-state index in [0.717, 1.165) is 17.1 Å². The standard InChI is InChI=1S/C19H17N5O/c1-13-21-18(23-15-8-6-14(12-20)7-9-15)11-19(22-13)24-16-4-3-5-17(10-16)25-2/h3-11H,1-2H3,(H2,21,22,23,24). The molecule has 1 heterocycles. The van der Waals surface area contributed by atoms with E-state index in [4.69, 9.17) is 10.00 Å². The van der Waals surface area contributed by atoms with Gasteiger partial charge in [-0.1, -0.05) is 6.07 Å². The number of rotatable bonds is 5. The number of benzene rings is 2. The number of ether oxygens (including phenoxy) is 1. The van der Waals surface area contributed by atoms with E-state index in [1.807, 2.05) is 49.4 Å². The third-order valence-corrected chi connectivity index (χ3v) is 3.47. The number of anilines is 4. The van der Waals surface area contributed by atoms with Crippen LogP contribution in [0.15, 0.2) is 54.6 Å². The summed E-state index contributed by atoms with van der Waals surface area (Å²) in [6.45, 7) is 1.83. The predicted molar refractivity (Wildman–Crippen MR) is 97.5 cm³/mol. The van der Waals surface area contributed by atoms with Crippen LogP contribution in [0.5, 0.6) is 5.75 Å². The lowest BCUT2D eigenvalue weighted by molar-refractivity contribution is 0.415. The van der Waals surface area contributed by atoms with Gasteiger partial charge < -0.3 is 15.4 Å². The summed E-state index contributed by atoms with van der Waals surface area (Å²) >= 11 is 0. The van der Waals surface area contributed by atoms with E-state index in [0.29, 0.717) is 23.0 Å². The van der Waals surface area contributed by atoms with E-state index in [1.165, 1.54) is 0 Å². The molecule has 0 saturated carbocycles. The third kappa shape index (κ3) is 4.24. The number of nitriles is 1. The summed E-state index contributed by atoms with van der Waals surface area (Å²) in [6, 6.07) is 18.7. The number of nitrogens with zero attached hydrogens (tertiary/aromatic N) is 3. The monoisotopic (exact) mass is 331 g/mol. The second kappa shape index (κ2) is 7.32. The molecule has 124 valence electrons. The van der Waals surface area contributed by atoms with Crippen LogP contribution in [-0.4, -0.2) is 17.1 Å². The Morgan fingerprint density at radius 3 is 2.24 bits per heavy atom. The van der Waals surface area contributed by atoms with Crippen LogP contribution in [0.4, 0.5) is 23.0 Å². The van der Waals surface area contributed by atoms with E-state index < -0.39 is 0 Å². The first-order valence-electron chi connectivity index (χ1n) is 7.70. The van der Waals surface area contributed by atoms with Crippen molar-refractivity contribution in [2.75, 3.05) is 17.7 Å². The molecule has 2 N–H and O–H groups in total. The normalized spacial score (nSPS) is 9.96. The highest BCUT2D eigenvalue weighted by Crippen LogP contribution is 2.23. The van der Waals surface area contributed by atoms with Gasteiger partial charge in [0, 0.05) is 23.5 Å². The van der Waals surface area contributed by atoms with E-state index >= 15 is 0 Å². The van der Waals surface area contributed by atoms with Gasteiger partial charge in [-0.3, -0.25) is 0 Å². The summed E-state index contributed by atoms with van der Waals surface area (Å²) in [5.74, 6) is 2.76. The topological polar surface area (TPSA) is 82.9 Å². The number of hydrogen-bond acceptors (Lipinski definition) is 6. The molecule has 0 spiro atoms. The maximum absolute atomic E-state index is 8.86. The Labute approximate surface area is 146 Å². The van der Waals surface area contributed by atoms with Gasteiger partial charge in [-0.2, -0.15) is 5.26 Å². The summed E-state index contributed by atoms with van der Waals surface area (Å²) in [4.78, 5) is 8.80. The minimum atomic E-state index is 0.616. The fourth-order valence-electron chi connectivity index (χ4n) is 2.32. The molecule has 6 heteroatoms. The molecule has 0 saturated heterocycles. The maximum atomic E-state index is 8.86. The Morgan fingerprint density at radius 2 is 1.60 bits per heavy atom. The Kier molecular flexibility index (Phi) is 4.77. The maximum Gasteiger partial charge on any atom is 0.136 e. The molecular formula is C19H17N5O. The van der Waals surface area contributed by atoms with Crippen molar-refractivity contribution in [2.45, 2.75) is 6.92 Å². The van der Waals surface area contributed by atoms with Crippen molar-refractivity contribution < 1.29 is 4.74 Å². The van der Waals surface area contributed by atoms with Crippen molar-refractivity contribution >= 4 is 23.0 Å². The summed E-state index contributed by atoms with van der Waals surface area (Å²) < 4.78 is 5.23. The minimum Gasteiger partial charge on any atom is -0.497 e. The number of aryl methyl sites for hydroxylation is 1. The van der Waals surface area contributed by atoms with Gasteiger partial charge in [0.1, 0.15) is 23.2 Å². The van der Waals surface area contributed by atoms with Crippen LogP contribution in [0.2, 0.25) is 0 Å². The molecule has 1 aromatic heterocycles. The molecule has 0 bridgehead atoms. The number of nitrogens with one attached hydrogen (secondary N) is 2. The largest absolute Gasteiger partial charge is 0.497 e. The molecule has 25 heavy (non-hydrogen) atoms. The molecule has 6 nitrogen and oxygen atoms in total. The second-order valence-electron chi connectivity index (χ2n) is 5.36. The van der Waals surface area contributed by atoms with Crippen LogP contribution in [0.3, 0.4) is 0 Å². The van der Waals surface area contributed by atoms with Gasteiger partial charge in [-0.05, 0) is 43.3 Å². The molecule has 0 unspecified atom stereocenters. The van der Waals surface area contributed by atoms with Crippen LogP contribution in [-0.2, 0) is 0 Å². The molecule has 3 rings (SSSR count). The first-order chi connectivity index (χ1) is 12.2. The SMILES string of the molecule is COc1cccc(Nc2cc(Nc3ccc(C#N)cc3)nc(C)n2)c1. The zero-order chi connectivity index (χ0) is 17.6. The molecular weight excluding hydrogens is 314 g/mol. The molecule has 3 aromatic rings. The highest BCUT2D eigenvalue weighted by molar-refractivity contribution is 5.64. The zero-order valence-corrected chi connectivity index (χ0v) is 13.9. The third-order valence-electron chi connectivity index (χ3n) is 3.47. The van der Waals surface area contributed by atoms with Crippen LogP contribution in [0, 0.1) is 18.3 Å². The fourth-order valence-corrected chi connectivity index (χ4v) is 2.32. The highest BCUT2D eigenvalue weighted by atomic mass is 16.5. The number of methoxy groups -OCH3 is 1. The minimum absolute atomic E-state index is 0.616. The van der Waals surface area contributed by atoms with Gasteiger partial charge in [0.05, 0.1) is 18.7 Å². The lowest BCUT2D eigenvalue weighted by Gasteiger charge is -2.11. The van der Waals surface area contributed by atoms with Crippen LogP contribution in [0.25, 0.3) is 0 Å². The Bertz CT molecular complexity index is 916. The molecule has 2 aromatic carbocycles. The van der Waals surface area contributed by atoms with Gasteiger partial charge in [0.2, 0.25) is 0 Å². The molecule has 0 aliphatic carbocycles. The number of aromatic nitrogens is 2. The van der Waals surface area contributed by atoms with Crippen molar-refractivity contribution in [2.24, 2.45) is 0 Å².